The van der Waals surface area contributed by atoms with Gasteiger partial charge in [-0.3, -0.25) is 4.79 Å². The molecular weight excluding hydrogens is 300 g/mol. The van der Waals surface area contributed by atoms with Crippen LogP contribution in [-0.4, -0.2) is 32.1 Å². The number of rotatable bonds is 3. The zero-order valence-electron chi connectivity index (χ0n) is 14.0. The Labute approximate surface area is 142 Å². The number of carbonyl (C=O) groups excluding carboxylic acids is 1. The Morgan fingerprint density at radius 1 is 1.04 bits per heavy atom. The number of carbonyl (C=O) groups is 1. The Bertz CT molecular complexity index is 709. The number of benzene rings is 1. The summed E-state index contributed by atoms with van der Waals surface area (Å²) >= 11 is 0. The van der Waals surface area contributed by atoms with Gasteiger partial charge in [-0.05, 0) is 31.2 Å². The fourth-order valence-electron chi connectivity index (χ4n) is 3.96. The molecule has 0 bridgehead atoms. The van der Waals surface area contributed by atoms with E-state index in [1.807, 2.05) is 35.2 Å². The van der Waals surface area contributed by atoms with Crippen molar-refractivity contribution in [2.24, 2.45) is 0 Å². The molecule has 3 heterocycles. The summed E-state index contributed by atoms with van der Waals surface area (Å²) in [4.78, 5) is 14.8. The van der Waals surface area contributed by atoms with Gasteiger partial charge in [0.05, 0.1) is 12.5 Å². The van der Waals surface area contributed by atoms with E-state index in [2.05, 4.69) is 14.8 Å². The lowest BCUT2D eigenvalue weighted by molar-refractivity contribution is -0.131. The van der Waals surface area contributed by atoms with E-state index in [1.54, 1.807) is 0 Å². The van der Waals surface area contributed by atoms with Gasteiger partial charge in [-0.2, -0.15) is 0 Å². The fraction of sp³-hybridized carbons (Fsp3) is 0.526. The van der Waals surface area contributed by atoms with Crippen LogP contribution in [0.15, 0.2) is 30.3 Å². The summed E-state index contributed by atoms with van der Waals surface area (Å²) in [6, 6.07) is 10.1. The number of aryl methyl sites for hydroxylation is 1. The van der Waals surface area contributed by atoms with Crippen molar-refractivity contribution < 1.29 is 4.79 Å². The second kappa shape index (κ2) is 6.75. The molecule has 1 atom stereocenters. The van der Waals surface area contributed by atoms with E-state index in [1.165, 1.54) is 19.3 Å². The second-order valence-electron chi connectivity index (χ2n) is 6.84. The SMILES string of the molecule is O=C(Cc1ccccc1)N1CCC[C@@H]1c1nnc2n1CCCCC2. The molecule has 0 spiro atoms. The largest absolute Gasteiger partial charge is 0.332 e. The van der Waals surface area contributed by atoms with E-state index in [4.69, 9.17) is 0 Å². The molecule has 1 aromatic carbocycles. The van der Waals surface area contributed by atoms with Gasteiger partial charge in [0.25, 0.3) is 0 Å². The van der Waals surface area contributed by atoms with Crippen LogP contribution in [0.2, 0.25) is 0 Å². The van der Waals surface area contributed by atoms with E-state index in [0.717, 1.165) is 49.6 Å². The van der Waals surface area contributed by atoms with Gasteiger partial charge >= 0.3 is 0 Å². The van der Waals surface area contributed by atoms with Crippen molar-refractivity contribution in [3.63, 3.8) is 0 Å². The van der Waals surface area contributed by atoms with Gasteiger partial charge in [0.2, 0.25) is 5.91 Å². The first-order valence-electron chi connectivity index (χ1n) is 9.08. The number of hydrogen-bond donors (Lipinski definition) is 0. The number of hydrogen-bond acceptors (Lipinski definition) is 3. The third kappa shape index (κ3) is 2.95. The minimum absolute atomic E-state index is 0.0977. The molecule has 1 amide bonds. The summed E-state index contributed by atoms with van der Waals surface area (Å²) < 4.78 is 2.28. The van der Waals surface area contributed by atoms with Crippen LogP contribution in [0, 0.1) is 0 Å². The summed E-state index contributed by atoms with van der Waals surface area (Å²) in [6.45, 7) is 1.83. The molecule has 0 saturated carbocycles. The lowest BCUT2D eigenvalue weighted by Crippen LogP contribution is -2.33. The summed E-state index contributed by atoms with van der Waals surface area (Å²) in [5.41, 5.74) is 1.08. The Balaban J connectivity index is 1.55. The molecule has 2 aliphatic rings. The molecule has 0 unspecified atom stereocenters. The van der Waals surface area contributed by atoms with Gasteiger partial charge in [-0.15, -0.1) is 10.2 Å². The predicted molar refractivity (Wildman–Crippen MR) is 91.4 cm³/mol. The van der Waals surface area contributed by atoms with Crippen molar-refractivity contribution in [3.8, 4) is 0 Å². The maximum absolute atomic E-state index is 12.8. The van der Waals surface area contributed by atoms with Gasteiger partial charge in [-0.1, -0.05) is 36.8 Å². The molecule has 0 radical (unpaired) electrons. The predicted octanol–water partition coefficient (Wildman–Crippen LogP) is 2.91. The van der Waals surface area contributed by atoms with Crippen LogP contribution in [0.4, 0.5) is 0 Å². The molecule has 5 nitrogen and oxygen atoms in total. The van der Waals surface area contributed by atoms with Crippen LogP contribution < -0.4 is 0 Å². The van der Waals surface area contributed by atoms with Crippen molar-refractivity contribution in [2.75, 3.05) is 6.54 Å². The topological polar surface area (TPSA) is 51.0 Å². The summed E-state index contributed by atoms with van der Waals surface area (Å²) in [5.74, 6) is 2.31. The number of nitrogens with zero attached hydrogens (tertiary/aromatic N) is 4. The van der Waals surface area contributed by atoms with Crippen LogP contribution in [0.1, 0.15) is 55.4 Å². The van der Waals surface area contributed by atoms with Crippen LogP contribution in [0.25, 0.3) is 0 Å². The quantitative estimate of drug-likeness (QED) is 0.872. The van der Waals surface area contributed by atoms with E-state index < -0.39 is 0 Å². The highest BCUT2D eigenvalue weighted by Gasteiger charge is 2.34. The van der Waals surface area contributed by atoms with Crippen LogP contribution in [-0.2, 0) is 24.2 Å². The second-order valence-corrected chi connectivity index (χ2v) is 6.84. The molecule has 0 aliphatic carbocycles. The van der Waals surface area contributed by atoms with E-state index in [9.17, 15) is 4.79 Å². The van der Waals surface area contributed by atoms with E-state index >= 15 is 0 Å². The maximum Gasteiger partial charge on any atom is 0.227 e. The van der Waals surface area contributed by atoms with Crippen molar-refractivity contribution in [3.05, 3.63) is 47.5 Å². The van der Waals surface area contributed by atoms with Crippen LogP contribution in [0.5, 0.6) is 0 Å². The standard InChI is InChI=1S/C19H24N4O/c24-18(14-15-8-3-1-4-9-15)22-13-7-10-16(22)19-21-20-17-11-5-2-6-12-23(17)19/h1,3-4,8-9,16H,2,5-7,10-14H2/t16-/m1/s1. The molecular formula is C19H24N4O. The number of fused-ring (bicyclic) bond motifs is 1. The lowest BCUT2D eigenvalue weighted by Gasteiger charge is -2.25. The van der Waals surface area contributed by atoms with Crippen molar-refractivity contribution >= 4 is 5.91 Å². The molecule has 24 heavy (non-hydrogen) atoms. The average molecular weight is 324 g/mol. The molecule has 1 aromatic heterocycles. The molecule has 0 N–H and O–H groups in total. The maximum atomic E-state index is 12.8. The van der Waals surface area contributed by atoms with E-state index in [0.29, 0.717) is 6.42 Å². The van der Waals surface area contributed by atoms with Gasteiger partial charge in [0.15, 0.2) is 5.82 Å². The third-order valence-electron chi connectivity index (χ3n) is 5.21. The monoisotopic (exact) mass is 324 g/mol. The summed E-state index contributed by atoms with van der Waals surface area (Å²) in [7, 11) is 0. The number of aromatic nitrogens is 3. The fourth-order valence-corrected chi connectivity index (χ4v) is 3.96. The highest BCUT2D eigenvalue weighted by molar-refractivity contribution is 5.79. The number of amides is 1. The third-order valence-corrected chi connectivity index (χ3v) is 5.21. The first kappa shape index (κ1) is 15.4. The van der Waals surface area contributed by atoms with Crippen molar-refractivity contribution in [1.29, 1.82) is 0 Å². The summed E-state index contributed by atoms with van der Waals surface area (Å²) in [6.07, 6.45) is 7.16. The van der Waals surface area contributed by atoms with Gasteiger partial charge in [-0.25, -0.2) is 0 Å². The Morgan fingerprint density at radius 2 is 1.92 bits per heavy atom. The minimum Gasteiger partial charge on any atom is -0.332 e. The summed E-state index contributed by atoms with van der Waals surface area (Å²) in [5, 5.41) is 8.89. The van der Waals surface area contributed by atoms with E-state index in [-0.39, 0.29) is 11.9 Å². The average Bonchev–Trinajstić information content (AvgIpc) is 3.17. The Hall–Kier alpha value is -2.17. The highest BCUT2D eigenvalue weighted by Crippen LogP contribution is 2.32. The van der Waals surface area contributed by atoms with Gasteiger partial charge < -0.3 is 9.47 Å². The van der Waals surface area contributed by atoms with Crippen LogP contribution >= 0.6 is 0 Å². The van der Waals surface area contributed by atoms with Crippen molar-refractivity contribution in [2.45, 2.75) is 57.5 Å². The highest BCUT2D eigenvalue weighted by atomic mass is 16.2. The molecule has 2 aromatic rings. The molecule has 126 valence electrons. The zero-order chi connectivity index (χ0) is 16.4. The molecule has 1 fully saturated rings. The molecule has 2 aliphatic heterocycles. The molecule has 5 heteroatoms. The normalized spacial score (nSPS) is 20.7. The van der Waals surface area contributed by atoms with Crippen LogP contribution in [0.3, 0.4) is 0 Å². The number of likely N-dealkylation sites (tertiary alicyclic amines) is 1. The van der Waals surface area contributed by atoms with Gasteiger partial charge in [0, 0.05) is 19.5 Å². The Morgan fingerprint density at radius 3 is 2.79 bits per heavy atom. The minimum atomic E-state index is 0.0977. The smallest absolute Gasteiger partial charge is 0.227 e. The molecule has 4 rings (SSSR count). The van der Waals surface area contributed by atoms with Gasteiger partial charge in [0.1, 0.15) is 5.82 Å². The van der Waals surface area contributed by atoms with Crippen molar-refractivity contribution in [1.82, 2.24) is 19.7 Å². The Kier molecular flexibility index (Phi) is 4.32. The first-order chi connectivity index (χ1) is 11.8. The molecule has 1 saturated heterocycles. The zero-order valence-corrected chi connectivity index (χ0v) is 14.0. The lowest BCUT2D eigenvalue weighted by atomic mass is 10.1. The first-order valence-corrected chi connectivity index (χ1v) is 9.08.